The molecule has 3 rings (SSSR count). The molecular formula is C10H5ClN4O2S. The van der Waals surface area contributed by atoms with Gasteiger partial charge in [0, 0.05) is 0 Å². The Balaban J connectivity index is 1.80. The molecule has 18 heavy (non-hydrogen) atoms. The van der Waals surface area contributed by atoms with E-state index >= 15 is 0 Å². The van der Waals surface area contributed by atoms with Crippen LogP contribution in [0.2, 0.25) is 5.15 Å². The van der Waals surface area contributed by atoms with Gasteiger partial charge in [-0.2, -0.15) is 0 Å². The third kappa shape index (κ3) is 2.36. The first-order valence-corrected chi connectivity index (χ1v) is 6.05. The molecule has 0 radical (unpaired) electrons. The van der Waals surface area contributed by atoms with Crippen molar-refractivity contribution in [1.82, 2.24) is 20.4 Å². The molecule has 0 unspecified atom stereocenters. The van der Waals surface area contributed by atoms with Crippen LogP contribution in [-0.4, -0.2) is 20.4 Å². The van der Waals surface area contributed by atoms with Crippen molar-refractivity contribution in [3.63, 3.8) is 0 Å². The Morgan fingerprint density at radius 2 is 2.00 bits per heavy atom. The van der Waals surface area contributed by atoms with Gasteiger partial charge in [0.2, 0.25) is 0 Å². The minimum atomic E-state index is 0.324. The summed E-state index contributed by atoms with van der Waals surface area (Å²) in [5.41, 5.74) is 0. The van der Waals surface area contributed by atoms with Crippen LogP contribution in [0.1, 0.15) is 0 Å². The third-order valence-electron chi connectivity index (χ3n) is 1.94. The number of aromatic nitrogens is 4. The molecule has 0 fully saturated rings. The van der Waals surface area contributed by atoms with Crippen LogP contribution in [0.5, 0.6) is 0 Å². The van der Waals surface area contributed by atoms with Crippen molar-refractivity contribution in [1.29, 1.82) is 0 Å². The molecule has 3 aromatic heterocycles. The first kappa shape index (κ1) is 11.2. The van der Waals surface area contributed by atoms with Gasteiger partial charge >= 0.3 is 0 Å². The number of rotatable bonds is 3. The minimum absolute atomic E-state index is 0.324. The zero-order valence-electron chi connectivity index (χ0n) is 8.78. The molecule has 0 atom stereocenters. The van der Waals surface area contributed by atoms with E-state index in [-0.39, 0.29) is 0 Å². The zero-order chi connectivity index (χ0) is 12.4. The van der Waals surface area contributed by atoms with E-state index in [0.29, 0.717) is 27.1 Å². The Kier molecular flexibility index (Phi) is 2.99. The summed E-state index contributed by atoms with van der Waals surface area (Å²) in [5.74, 6) is 0.848. The zero-order valence-corrected chi connectivity index (χ0v) is 10.4. The minimum Gasteiger partial charge on any atom is -0.459 e. The molecule has 0 saturated carbocycles. The lowest BCUT2D eigenvalue weighted by molar-refractivity contribution is 0.447. The predicted molar refractivity (Wildman–Crippen MR) is 63.2 cm³/mol. The lowest BCUT2D eigenvalue weighted by Gasteiger charge is -1.93. The highest BCUT2D eigenvalue weighted by molar-refractivity contribution is 7.99. The second-order valence-electron chi connectivity index (χ2n) is 3.15. The van der Waals surface area contributed by atoms with Gasteiger partial charge in [-0.1, -0.05) is 11.6 Å². The molecule has 0 aliphatic rings. The van der Waals surface area contributed by atoms with Crippen molar-refractivity contribution in [3.05, 3.63) is 35.7 Å². The number of nitrogens with zero attached hydrogens (tertiary/aromatic N) is 4. The molecule has 0 saturated heterocycles. The second-order valence-corrected chi connectivity index (χ2v) is 4.51. The molecule has 0 bridgehead atoms. The first-order valence-electron chi connectivity index (χ1n) is 4.86. The van der Waals surface area contributed by atoms with Crippen molar-refractivity contribution in [2.45, 2.75) is 10.2 Å². The second kappa shape index (κ2) is 4.79. The van der Waals surface area contributed by atoms with Gasteiger partial charge < -0.3 is 8.83 Å². The largest absolute Gasteiger partial charge is 0.459 e. The fraction of sp³-hybridized carbons (Fsp3) is 0. The van der Waals surface area contributed by atoms with E-state index < -0.39 is 0 Å². The monoisotopic (exact) mass is 280 g/mol. The van der Waals surface area contributed by atoms with Crippen LogP contribution in [-0.2, 0) is 0 Å². The van der Waals surface area contributed by atoms with Crippen molar-refractivity contribution in [3.8, 4) is 11.7 Å². The molecule has 0 aliphatic carbocycles. The van der Waals surface area contributed by atoms with Crippen molar-refractivity contribution in [2.24, 2.45) is 0 Å². The lowest BCUT2D eigenvalue weighted by atomic mass is 10.5. The lowest BCUT2D eigenvalue weighted by Crippen LogP contribution is -1.84. The van der Waals surface area contributed by atoms with E-state index in [0.717, 1.165) is 0 Å². The molecule has 3 aromatic rings. The summed E-state index contributed by atoms with van der Waals surface area (Å²) in [6.45, 7) is 0. The molecule has 0 amide bonds. The van der Waals surface area contributed by atoms with Gasteiger partial charge in [0.05, 0.1) is 6.26 Å². The standard InChI is InChI=1S/C10H5ClN4O2S/c11-7-3-4-8(13-12-7)18-10-15-14-9(17-10)6-2-1-5-16-6/h1-5H. The Morgan fingerprint density at radius 1 is 1.06 bits per heavy atom. The Labute approximate surface area is 110 Å². The van der Waals surface area contributed by atoms with Crippen LogP contribution in [0.25, 0.3) is 11.7 Å². The highest BCUT2D eigenvalue weighted by Crippen LogP contribution is 2.27. The topological polar surface area (TPSA) is 77.8 Å². The Hall–Kier alpha value is -1.86. The SMILES string of the molecule is Clc1ccc(Sc2nnc(-c3ccco3)o2)nn1. The van der Waals surface area contributed by atoms with E-state index in [9.17, 15) is 0 Å². The maximum absolute atomic E-state index is 5.64. The fourth-order valence-electron chi connectivity index (χ4n) is 1.20. The van der Waals surface area contributed by atoms with Gasteiger partial charge in [-0.25, -0.2) is 0 Å². The summed E-state index contributed by atoms with van der Waals surface area (Å²) in [6.07, 6.45) is 1.54. The summed E-state index contributed by atoms with van der Waals surface area (Å²) in [4.78, 5) is 0. The van der Waals surface area contributed by atoms with Gasteiger partial charge in [-0.3, -0.25) is 0 Å². The first-order chi connectivity index (χ1) is 8.81. The van der Waals surface area contributed by atoms with Gasteiger partial charge in [0.25, 0.3) is 11.1 Å². The molecule has 0 aromatic carbocycles. The van der Waals surface area contributed by atoms with E-state index in [1.807, 2.05) is 0 Å². The van der Waals surface area contributed by atoms with Crippen LogP contribution in [0.4, 0.5) is 0 Å². The van der Waals surface area contributed by atoms with Crippen molar-refractivity contribution >= 4 is 23.4 Å². The maximum Gasteiger partial charge on any atom is 0.284 e. The average Bonchev–Trinajstić information content (AvgIpc) is 3.02. The van der Waals surface area contributed by atoms with Gasteiger partial charge in [0.15, 0.2) is 10.9 Å². The van der Waals surface area contributed by atoms with Crippen LogP contribution in [0, 0.1) is 0 Å². The molecule has 8 heteroatoms. The van der Waals surface area contributed by atoms with Crippen LogP contribution in [0.3, 0.4) is 0 Å². The average molecular weight is 281 g/mol. The molecule has 0 N–H and O–H groups in total. The van der Waals surface area contributed by atoms with Crippen molar-refractivity contribution < 1.29 is 8.83 Å². The van der Waals surface area contributed by atoms with E-state index in [1.54, 1.807) is 24.3 Å². The number of furan rings is 1. The quantitative estimate of drug-likeness (QED) is 0.730. The summed E-state index contributed by atoms with van der Waals surface area (Å²) in [5, 5.41) is 16.6. The van der Waals surface area contributed by atoms with Gasteiger partial charge in [-0.05, 0) is 36.0 Å². The molecule has 0 spiro atoms. The fourth-order valence-corrected chi connectivity index (χ4v) is 1.90. The number of halogens is 1. The van der Waals surface area contributed by atoms with Crippen LogP contribution in [0.15, 0.2) is 49.6 Å². The van der Waals surface area contributed by atoms with Gasteiger partial charge in [-0.15, -0.1) is 20.4 Å². The third-order valence-corrected chi connectivity index (χ3v) is 2.91. The van der Waals surface area contributed by atoms with Gasteiger partial charge in [0.1, 0.15) is 5.03 Å². The summed E-state index contributed by atoms with van der Waals surface area (Å²) in [7, 11) is 0. The molecule has 6 nitrogen and oxygen atoms in total. The van der Waals surface area contributed by atoms with Crippen LogP contribution >= 0.6 is 23.4 Å². The van der Waals surface area contributed by atoms with Crippen LogP contribution < -0.4 is 0 Å². The molecule has 3 heterocycles. The number of hydrogen-bond acceptors (Lipinski definition) is 7. The highest BCUT2D eigenvalue weighted by Gasteiger charge is 2.12. The van der Waals surface area contributed by atoms with Crippen molar-refractivity contribution in [2.75, 3.05) is 0 Å². The maximum atomic E-state index is 5.64. The molecule has 90 valence electrons. The smallest absolute Gasteiger partial charge is 0.284 e. The molecule has 0 aliphatic heterocycles. The normalized spacial score (nSPS) is 10.7. The Bertz CT molecular complexity index is 638. The van der Waals surface area contributed by atoms with E-state index in [2.05, 4.69) is 20.4 Å². The summed E-state index contributed by atoms with van der Waals surface area (Å²) >= 11 is 6.84. The summed E-state index contributed by atoms with van der Waals surface area (Å²) < 4.78 is 10.6. The predicted octanol–water partition coefficient (Wildman–Crippen LogP) is 2.92. The Morgan fingerprint density at radius 3 is 2.72 bits per heavy atom. The molecular weight excluding hydrogens is 276 g/mol. The number of hydrogen-bond donors (Lipinski definition) is 0. The highest BCUT2D eigenvalue weighted by atomic mass is 35.5. The van der Waals surface area contributed by atoms with E-state index in [1.165, 1.54) is 18.0 Å². The summed E-state index contributed by atoms with van der Waals surface area (Å²) in [6, 6.07) is 6.85. The van der Waals surface area contributed by atoms with E-state index in [4.69, 9.17) is 20.4 Å².